The third kappa shape index (κ3) is 2.73. The molecule has 2 amide bonds. The predicted octanol–water partition coefficient (Wildman–Crippen LogP) is 3.37. The minimum absolute atomic E-state index is 0.190. The van der Waals surface area contributed by atoms with Crippen LogP contribution in [0.25, 0.3) is 0 Å². The van der Waals surface area contributed by atoms with Crippen LogP contribution in [0, 0.1) is 18.8 Å². The van der Waals surface area contributed by atoms with Crippen LogP contribution in [0.4, 0.5) is 11.4 Å². The molecule has 0 radical (unpaired) electrons. The van der Waals surface area contributed by atoms with E-state index >= 15 is 0 Å². The average Bonchev–Trinajstić information content (AvgIpc) is 3.11. The van der Waals surface area contributed by atoms with Crippen LogP contribution in [0.2, 0.25) is 0 Å². The van der Waals surface area contributed by atoms with Crippen molar-refractivity contribution in [1.82, 2.24) is 0 Å². The van der Waals surface area contributed by atoms with E-state index in [0.717, 1.165) is 11.3 Å². The lowest BCUT2D eigenvalue weighted by Crippen LogP contribution is -2.40. The molecule has 0 fully saturated rings. The predicted molar refractivity (Wildman–Crippen MR) is 106 cm³/mol. The summed E-state index contributed by atoms with van der Waals surface area (Å²) in [6.45, 7) is 5.53. The van der Waals surface area contributed by atoms with E-state index in [4.69, 9.17) is 0 Å². The maximum Gasteiger partial charge on any atom is 0.257 e. The summed E-state index contributed by atoms with van der Waals surface area (Å²) in [4.78, 5) is 26.3. The van der Waals surface area contributed by atoms with Crippen LogP contribution in [-0.2, 0) is 9.59 Å². The van der Waals surface area contributed by atoms with E-state index in [-0.39, 0.29) is 11.8 Å². The molecule has 2 heterocycles. The van der Waals surface area contributed by atoms with Crippen molar-refractivity contribution in [3.63, 3.8) is 0 Å². The molecule has 6 nitrogen and oxygen atoms in total. The van der Waals surface area contributed by atoms with Crippen LogP contribution >= 0.6 is 0 Å². The van der Waals surface area contributed by atoms with Gasteiger partial charge in [0.1, 0.15) is 0 Å². The number of aryl methyl sites for hydroxylation is 1. The summed E-state index contributed by atoms with van der Waals surface area (Å²) >= 11 is 0. The minimum Gasteiger partial charge on any atom is -0.272 e. The highest BCUT2D eigenvalue weighted by atomic mass is 16.2. The van der Waals surface area contributed by atoms with Gasteiger partial charge in [0.25, 0.3) is 11.8 Å². The SMILES string of the molecule is CC1=NN(c2ccccc2)C(=O)C1C1C(=O)N(c2ccccc2C)N=C1C. The fourth-order valence-electron chi connectivity index (χ4n) is 3.65. The van der Waals surface area contributed by atoms with Crippen molar-refractivity contribution in [1.29, 1.82) is 0 Å². The lowest BCUT2D eigenvalue weighted by molar-refractivity contribution is -0.126. The number of anilines is 2. The summed E-state index contributed by atoms with van der Waals surface area (Å²) in [6.07, 6.45) is 0. The van der Waals surface area contributed by atoms with Crippen LogP contribution in [-0.4, -0.2) is 23.2 Å². The van der Waals surface area contributed by atoms with Gasteiger partial charge in [-0.3, -0.25) is 9.59 Å². The third-order valence-electron chi connectivity index (χ3n) is 5.04. The molecule has 2 unspecified atom stereocenters. The molecule has 2 aromatic rings. The fourth-order valence-corrected chi connectivity index (χ4v) is 3.65. The molecule has 0 spiro atoms. The molecular weight excluding hydrogens is 340 g/mol. The average molecular weight is 360 g/mol. The Morgan fingerprint density at radius 1 is 0.704 bits per heavy atom. The molecule has 0 N–H and O–H groups in total. The first-order chi connectivity index (χ1) is 13.0. The van der Waals surface area contributed by atoms with Gasteiger partial charge in [-0.15, -0.1) is 0 Å². The van der Waals surface area contributed by atoms with Crippen LogP contribution in [0.1, 0.15) is 19.4 Å². The second-order valence-electron chi connectivity index (χ2n) is 6.86. The lowest BCUT2D eigenvalue weighted by Gasteiger charge is -2.20. The zero-order valence-corrected chi connectivity index (χ0v) is 15.5. The highest BCUT2D eigenvalue weighted by Crippen LogP contribution is 2.35. The van der Waals surface area contributed by atoms with Crippen molar-refractivity contribution in [2.45, 2.75) is 20.8 Å². The molecule has 2 atom stereocenters. The van der Waals surface area contributed by atoms with Gasteiger partial charge in [-0.25, -0.2) is 5.01 Å². The molecule has 0 saturated heterocycles. The summed E-state index contributed by atoms with van der Waals surface area (Å²) in [7, 11) is 0. The quantitative estimate of drug-likeness (QED) is 0.842. The summed E-state index contributed by atoms with van der Waals surface area (Å²) in [5.74, 6) is -1.65. The minimum atomic E-state index is -0.630. The molecule has 2 aliphatic heterocycles. The van der Waals surface area contributed by atoms with E-state index in [1.54, 1.807) is 13.8 Å². The smallest absolute Gasteiger partial charge is 0.257 e. The number of rotatable bonds is 3. The zero-order valence-electron chi connectivity index (χ0n) is 15.5. The first kappa shape index (κ1) is 17.1. The Bertz CT molecular complexity index is 981. The van der Waals surface area contributed by atoms with Crippen molar-refractivity contribution < 1.29 is 9.59 Å². The van der Waals surface area contributed by atoms with Gasteiger partial charge in [0.2, 0.25) is 0 Å². The number of carbonyl (C=O) groups is 2. The number of benzene rings is 2. The van der Waals surface area contributed by atoms with Gasteiger partial charge >= 0.3 is 0 Å². The van der Waals surface area contributed by atoms with Crippen molar-refractivity contribution in [2.75, 3.05) is 10.0 Å². The van der Waals surface area contributed by atoms with Crippen LogP contribution in [0.15, 0.2) is 64.8 Å². The molecule has 2 aromatic carbocycles. The lowest BCUT2D eigenvalue weighted by atomic mass is 9.85. The Labute approximate surface area is 157 Å². The summed E-state index contributed by atoms with van der Waals surface area (Å²) in [6, 6.07) is 16.8. The maximum absolute atomic E-state index is 13.2. The zero-order chi connectivity index (χ0) is 19.1. The van der Waals surface area contributed by atoms with Crippen LogP contribution in [0.3, 0.4) is 0 Å². The number of hydrogen-bond donors (Lipinski definition) is 0. The van der Waals surface area contributed by atoms with Gasteiger partial charge in [0, 0.05) is 11.4 Å². The van der Waals surface area contributed by atoms with Crippen molar-refractivity contribution >= 4 is 34.6 Å². The summed E-state index contributed by atoms with van der Waals surface area (Å²) < 4.78 is 0. The molecule has 136 valence electrons. The van der Waals surface area contributed by atoms with Gasteiger partial charge in [-0.05, 0) is 44.5 Å². The number of para-hydroxylation sites is 2. The fraction of sp³-hybridized carbons (Fsp3) is 0.238. The Balaban J connectivity index is 1.66. The monoisotopic (exact) mass is 360 g/mol. The Morgan fingerprint density at radius 3 is 1.85 bits per heavy atom. The highest BCUT2D eigenvalue weighted by molar-refractivity contribution is 6.25. The van der Waals surface area contributed by atoms with Crippen LogP contribution in [0.5, 0.6) is 0 Å². The standard InChI is InChI=1S/C21H20N4O2/c1-13-9-7-8-12-17(13)25-21(27)19(15(3)23-25)18-14(2)22-24(20(18)26)16-10-5-4-6-11-16/h4-12,18-19H,1-3H3. The molecule has 6 heteroatoms. The number of amides is 2. The molecule has 0 saturated carbocycles. The highest BCUT2D eigenvalue weighted by Gasteiger charge is 2.49. The molecule has 27 heavy (non-hydrogen) atoms. The molecule has 4 rings (SSSR count). The van der Waals surface area contributed by atoms with E-state index in [2.05, 4.69) is 10.2 Å². The molecule has 2 aliphatic rings. The molecule has 0 aliphatic carbocycles. The topological polar surface area (TPSA) is 65.3 Å². The second-order valence-corrected chi connectivity index (χ2v) is 6.86. The van der Waals surface area contributed by atoms with E-state index in [9.17, 15) is 9.59 Å². The maximum atomic E-state index is 13.2. The normalized spacial score (nSPS) is 22.3. The molecule has 0 bridgehead atoms. The molecule has 0 aromatic heterocycles. The molecular formula is C21H20N4O2. The van der Waals surface area contributed by atoms with Gasteiger partial charge in [0.05, 0.1) is 23.2 Å². The van der Waals surface area contributed by atoms with E-state index in [0.29, 0.717) is 17.1 Å². The number of hydrogen-bond acceptors (Lipinski definition) is 4. The van der Waals surface area contributed by atoms with Crippen molar-refractivity contribution in [2.24, 2.45) is 22.0 Å². The summed E-state index contributed by atoms with van der Waals surface area (Å²) in [5, 5.41) is 11.7. The van der Waals surface area contributed by atoms with Gasteiger partial charge in [-0.1, -0.05) is 36.4 Å². The number of carbonyl (C=O) groups excluding carboxylic acids is 2. The van der Waals surface area contributed by atoms with E-state index < -0.39 is 11.8 Å². The second kappa shape index (κ2) is 6.46. The third-order valence-corrected chi connectivity index (χ3v) is 5.04. The Morgan fingerprint density at radius 2 is 1.22 bits per heavy atom. The first-order valence-electron chi connectivity index (χ1n) is 8.88. The van der Waals surface area contributed by atoms with Gasteiger partial charge in [-0.2, -0.15) is 15.2 Å². The number of hydrazone groups is 2. The van der Waals surface area contributed by atoms with E-state index in [1.165, 1.54) is 10.0 Å². The number of nitrogens with zero attached hydrogens (tertiary/aromatic N) is 4. The first-order valence-corrected chi connectivity index (χ1v) is 8.88. The van der Waals surface area contributed by atoms with Crippen molar-refractivity contribution in [3.05, 3.63) is 60.2 Å². The van der Waals surface area contributed by atoms with Crippen LogP contribution < -0.4 is 10.0 Å². The van der Waals surface area contributed by atoms with Crippen molar-refractivity contribution in [3.8, 4) is 0 Å². The largest absolute Gasteiger partial charge is 0.272 e. The Kier molecular flexibility index (Phi) is 4.11. The van der Waals surface area contributed by atoms with Gasteiger partial charge in [0.15, 0.2) is 0 Å². The van der Waals surface area contributed by atoms with Gasteiger partial charge < -0.3 is 0 Å². The summed E-state index contributed by atoms with van der Waals surface area (Å²) in [5.41, 5.74) is 3.65. The Hall–Kier alpha value is -3.28. The van der Waals surface area contributed by atoms with E-state index in [1.807, 2.05) is 61.5 Å².